The van der Waals surface area contributed by atoms with Crippen LogP contribution in [0.5, 0.6) is 0 Å². The van der Waals surface area contributed by atoms with Gasteiger partial charge in [-0.05, 0) is 51.5 Å². The lowest BCUT2D eigenvalue weighted by Crippen LogP contribution is -2.47. The monoisotopic (exact) mass is 293 g/mol. The van der Waals surface area contributed by atoms with Crippen molar-refractivity contribution >= 4 is 11.8 Å². The highest BCUT2D eigenvalue weighted by Gasteiger charge is 2.36. The Morgan fingerprint density at radius 3 is 2.67 bits per heavy atom. The molecule has 5 heteroatoms. The zero-order valence-electron chi connectivity index (χ0n) is 12.8. The lowest BCUT2D eigenvalue weighted by atomic mass is 10.00. The average molecular weight is 293 g/mol. The second kappa shape index (κ2) is 6.77. The number of piperidine rings is 1. The molecule has 21 heavy (non-hydrogen) atoms. The van der Waals surface area contributed by atoms with Gasteiger partial charge < -0.3 is 15.5 Å². The molecule has 3 aliphatic rings. The van der Waals surface area contributed by atoms with Crippen molar-refractivity contribution in [1.29, 1.82) is 0 Å². The Morgan fingerprint density at radius 2 is 1.95 bits per heavy atom. The Kier molecular flexibility index (Phi) is 4.78. The van der Waals surface area contributed by atoms with Crippen molar-refractivity contribution in [3.8, 4) is 0 Å². The van der Waals surface area contributed by atoms with Crippen LogP contribution < -0.4 is 10.6 Å². The molecule has 2 atom stereocenters. The third-order valence-electron chi connectivity index (χ3n) is 4.92. The summed E-state index contributed by atoms with van der Waals surface area (Å²) in [6.45, 7) is 1.83. The largest absolute Gasteiger partial charge is 0.352 e. The maximum atomic E-state index is 12.4. The molecular formula is C16H27N3O2. The first-order chi connectivity index (χ1) is 10.2. The van der Waals surface area contributed by atoms with E-state index in [0.717, 1.165) is 45.2 Å². The van der Waals surface area contributed by atoms with Gasteiger partial charge in [0.25, 0.3) is 0 Å². The van der Waals surface area contributed by atoms with Crippen LogP contribution in [0.15, 0.2) is 0 Å². The number of nitrogens with one attached hydrogen (secondary N) is 2. The summed E-state index contributed by atoms with van der Waals surface area (Å²) >= 11 is 0. The van der Waals surface area contributed by atoms with Crippen LogP contribution in [0.3, 0.4) is 0 Å². The van der Waals surface area contributed by atoms with Gasteiger partial charge in [0.2, 0.25) is 11.8 Å². The highest BCUT2D eigenvalue weighted by Crippen LogP contribution is 2.23. The summed E-state index contributed by atoms with van der Waals surface area (Å²) in [4.78, 5) is 26.4. The Balaban J connectivity index is 1.46. The van der Waals surface area contributed by atoms with E-state index in [-0.39, 0.29) is 17.9 Å². The zero-order valence-corrected chi connectivity index (χ0v) is 12.8. The molecule has 118 valence electrons. The van der Waals surface area contributed by atoms with Crippen molar-refractivity contribution in [2.75, 3.05) is 13.1 Å². The van der Waals surface area contributed by atoms with Crippen molar-refractivity contribution in [1.82, 2.24) is 15.5 Å². The second-order valence-corrected chi connectivity index (χ2v) is 6.71. The Labute approximate surface area is 126 Å². The van der Waals surface area contributed by atoms with Crippen LogP contribution >= 0.6 is 0 Å². The van der Waals surface area contributed by atoms with Gasteiger partial charge >= 0.3 is 0 Å². The molecule has 2 saturated heterocycles. The number of hydrogen-bond donors (Lipinski definition) is 2. The van der Waals surface area contributed by atoms with Gasteiger partial charge in [-0.15, -0.1) is 0 Å². The van der Waals surface area contributed by atoms with Crippen LogP contribution in [0.25, 0.3) is 0 Å². The Hall–Kier alpha value is -1.10. The van der Waals surface area contributed by atoms with Gasteiger partial charge in [-0.3, -0.25) is 9.59 Å². The van der Waals surface area contributed by atoms with E-state index in [1.54, 1.807) is 0 Å². The molecule has 0 spiro atoms. The average Bonchev–Trinajstić information content (AvgIpc) is 3.18. The van der Waals surface area contributed by atoms with Crippen molar-refractivity contribution in [2.24, 2.45) is 0 Å². The minimum absolute atomic E-state index is 0.0686. The van der Waals surface area contributed by atoms with Crippen LogP contribution in [0.4, 0.5) is 0 Å². The molecule has 1 saturated carbocycles. The summed E-state index contributed by atoms with van der Waals surface area (Å²) in [5.74, 6) is 0.231. The van der Waals surface area contributed by atoms with E-state index < -0.39 is 0 Å². The lowest BCUT2D eigenvalue weighted by molar-refractivity contribution is -0.138. The molecule has 3 rings (SSSR count). The minimum atomic E-state index is -0.211. The second-order valence-electron chi connectivity index (χ2n) is 6.71. The van der Waals surface area contributed by atoms with Gasteiger partial charge in [-0.25, -0.2) is 0 Å². The fraction of sp³-hybridized carbons (Fsp3) is 0.875. The highest BCUT2D eigenvalue weighted by atomic mass is 16.2. The first-order valence-corrected chi connectivity index (χ1v) is 8.57. The standard InChI is InChI=1S/C16H27N3O2/c20-15(9-8-12-4-1-2-10-17-12)19-11-3-5-14(19)16(21)18-13-6-7-13/h12-14,17H,1-11H2,(H,18,21). The molecule has 0 aromatic carbocycles. The lowest BCUT2D eigenvalue weighted by Gasteiger charge is -2.26. The first kappa shape index (κ1) is 14.8. The molecule has 5 nitrogen and oxygen atoms in total. The molecule has 1 aliphatic carbocycles. The third-order valence-corrected chi connectivity index (χ3v) is 4.92. The van der Waals surface area contributed by atoms with E-state index in [1.807, 2.05) is 4.90 Å². The molecule has 2 aliphatic heterocycles. The van der Waals surface area contributed by atoms with Gasteiger partial charge in [0, 0.05) is 25.0 Å². The van der Waals surface area contributed by atoms with Gasteiger partial charge in [-0.1, -0.05) is 6.42 Å². The molecule has 2 N–H and O–H groups in total. The fourth-order valence-electron chi connectivity index (χ4n) is 3.47. The maximum Gasteiger partial charge on any atom is 0.243 e. The minimum Gasteiger partial charge on any atom is -0.352 e. The van der Waals surface area contributed by atoms with E-state index in [4.69, 9.17) is 0 Å². The smallest absolute Gasteiger partial charge is 0.243 e. The SMILES string of the molecule is O=C(NC1CC1)C1CCCN1C(=O)CCC1CCCCN1. The highest BCUT2D eigenvalue weighted by molar-refractivity contribution is 5.88. The van der Waals surface area contributed by atoms with Gasteiger partial charge in [-0.2, -0.15) is 0 Å². The molecule has 0 aromatic rings. The summed E-state index contributed by atoms with van der Waals surface area (Å²) in [6.07, 6.45) is 9.15. The molecule has 0 radical (unpaired) electrons. The van der Waals surface area contributed by atoms with Crippen LogP contribution in [-0.4, -0.2) is 47.9 Å². The molecule has 2 heterocycles. The van der Waals surface area contributed by atoms with E-state index in [9.17, 15) is 9.59 Å². The zero-order chi connectivity index (χ0) is 14.7. The molecule has 2 unspecified atom stereocenters. The third kappa shape index (κ3) is 3.96. The van der Waals surface area contributed by atoms with Crippen molar-refractivity contribution in [3.05, 3.63) is 0 Å². The summed E-state index contributed by atoms with van der Waals surface area (Å²) < 4.78 is 0. The topological polar surface area (TPSA) is 61.4 Å². The Bertz CT molecular complexity index is 389. The predicted octanol–water partition coefficient (Wildman–Crippen LogP) is 1.18. The van der Waals surface area contributed by atoms with E-state index in [0.29, 0.717) is 18.5 Å². The number of rotatable bonds is 5. The van der Waals surface area contributed by atoms with Gasteiger partial charge in [0.15, 0.2) is 0 Å². The van der Waals surface area contributed by atoms with E-state index >= 15 is 0 Å². The Morgan fingerprint density at radius 1 is 1.10 bits per heavy atom. The number of likely N-dealkylation sites (tertiary alicyclic amines) is 1. The van der Waals surface area contributed by atoms with Crippen LogP contribution in [0.2, 0.25) is 0 Å². The van der Waals surface area contributed by atoms with E-state index in [2.05, 4.69) is 10.6 Å². The normalized spacial score (nSPS) is 29.4. The molecule has 2 amide bonds. The van der Waals surface area contributed by atoms with Crippen molar-refractivity contribution in [3.63, 3.8) is 0 Å². The van der Waals surface area contributed by atoms with Crippen LogP contribution in [0, 0.1) is 0 Å². The van der Waals surface area contributed by atoms with Gasteiger partial charge in [0.05, 0.1) is 0 Å². The number of nitrogens with zero attached hydrogens (tertiary/aromatic N) is 1. The first-order valence-electron chi connectivity index (χ1n) is 8.57. The van der Waals surface area contributed by atoms with Crippen LogP contribution in [-0.2, 0) is 9.59 Å². The van der Waals surface area contributed by atoms with E-state index in [1.165, 1.54) is 19.3 Å². The summed E-state index contributed by atoms with van der Waals surface area (Å²) in [7, 11) is 0. The van der Waals surface area contributed by atoms with Crippen LogP contribution in [0.1, 0.15) is 57.8 Å². The number of amides is 2. The quantitative estimate of drug-likeness (QED) is 0.800. The summed E-state index contributed by atoms with van der Waals surface area (Å²) in [6, 6.07) is 0.656. The number of carbonyl (C=O) groups excluding carboxylic acids is 2. The molecule has 3 fully saturated rings. The van der Waals surface area contributed by atoms with Crippen molar-refractivity contribution in [2.45, 2.75) is 75.9 Å². The fourth-order valence-corrected chi connectivity index (χ4v) is 3.47. The molecule has 0 bridgehead atoms. The predicted molar refractivity (Wildman–Crippen MR) is 80.8 cm³/mol. The maximum absolute atomic E-state index is 12.4. The summed E-state index contributed by atoms with van der Waals surface area (Å²) in [5, 5.41) is 6.52. The number of carbonyl (C=O) groups is 2. The molecule has 0 aromatic heterocycles. The summed E-state index contributed by atoms with van der Waals surface area (Å²) in [5.41, 5.74) is 0. The number of hydrogen-bond acceptors (Lipinski definition) is 3. The van der Waals surface area contributed by atoms with Crippen molar-refractivity contribution < 1.29 is 9.59 Å². The molecular weight excluding hydrogens is 266 g/mol. The van der Waals surface area contributed by atoms with Gasteiger partial charge in [0.1, 0.15) is 6.04 Å².